The van der Waals surface area contributed by atoms with Crippen LogP contribution in [0, 0.1) is 0 Å². The van der Waals surface area contributed by atoms with Crippen molar-refractivity contribution in [2.24, 2.45) is 0 Å². The van der Waals surface area contributed by atoms with Gasteiger partial charge in [0.2, 0.25) is 11.8 Å². The van der Waals surface area contributed by atoms with Gasteiger partial charge in [0.15, 0.2) is 0 Å². The third-order valence-corrected chi connectivity index (χ3v) is 5.40. The molecule has 0 aliphatic carbocycles. The Morgan fingerprint density at radius 3 is 2.92 bits per heavy atom. The summed E-state index contributed by atoms with van der Waals surface area (Å²) in [5.74, 6) is 0.622. The van der Waals surface area contributed by atoms with Crippen molar-refractivity contribution >= 4 is 34.3 Å². The van der Waals surface area contributed by atoms with E-state index in [2.05, 4.69) is 22.4 Å². The van der Waals surface area contributed by atoms with Crippen LogP contribution in [0.3, 0.4) is 0 Å². The third-order valence-electron chi connectivity index (χ3n) is 4.08. The first-order chi connectivity index (χ1) is 11.7. The second kappa shape index (κ2) is 6.17. The van der Waals surface area contributed by atoms with Crippen LogP contribution in [0.5, 0.6) is 5.88 Å². The van der Waals surface area contributed by atoms with Crippen LogP contribution in [-0.2, 0) is 11.2 Å². The summed E-state index contributed by atoms with van der Waals surface area (Å²) in [5.41, 5.74) is 2.88. The monoisotopic (exact) mass is 336 g/mol. The van der Waals surface area contributed by atoms with E-state index in [0.29, 0.717) is 5.88 Å². The lowest BCUT2D eigenvalue weighted by Crippen LogP contribution is -2.24. The lowest BCUT2D eigenvalue weighted by Gasteiger charge is -2.11. The van der Waals surface area contributed by atoms with E-state index < -0.39 is 0 Å². The number of nitrogens with zero attached hydrogens (tertiary/aromatic N) is 1. The minimum absolute atomic E-state index is 0.0389. The number of carbonyl (C=O) groups is 1. The fourth-order valence-electron chi connectivity index (χ4n) is 2.85. The van der Waals surface area contributed by atoms with Gasteiger partial charge < -0.3 is 10.1 Å². The van der Waals surface area contributed by atoms with E-state index in [1.165, 1.54) is 10.5 Å². The SMILES string of the molecule is COc1ccc2cc(NC(=O)C3Cc4ccccc4S3)ccc2n1. The van der Waals surface area contributed by atoms with Crippen LogP contribution in [0.4, 0.5) is 5.69 Å². The molecule has 1 aromatic heterocycles. The van der Waals surface area contributed by atoms with Crippen LogP contribution in [0.2, 0.25) is 0 Å². The van der Waals surface area contributed by atoms with Gasteiger partial charge in [-0.3, -0.25) is 4.79 Å². The van der Waals surface area contributed by atoms with Crippen molar-refractivity contribution in [3.63, 3.8) is 0 Å². The summed E-state index contributed by atoms with van der Waals surface area (Å²) in [6.07, 6.45) is 0.777. The van der Waals surface area contributed by atoms with Crippen LogP contribution in [0.15, 0.2) is 59.5 Å². The highest BCUT2D eigenvalue weighted by molar-refractivity contribution is 8.01. The molecule has 1 aliphatic rings. The third kappa shape index (κ3) is 2.83. The number of benzene rings is 2. The molecular weight excluding hydrogens is 320 g/mol. The Kier molecular flexibility index (Phi) is 3.86. The summed E-state index contributed by atoms with van der Waals surface area (Å²) in [4.78, 5) is 18.1. The Morgan fingerprint density at radius 2 is 2.08 bits per heavy atom. The molecule has 5 heteroatoms. The molecule has 0 radical (unpaired) electrons. The number of carbonyl (C=O) groups excluding carboxylic acids is 1. The number of nitrogens with one attached hydrogen (secondary N) is 1. The number of anilines is 1. The number of fused-ring (bicyclic) bond motifs is 2. The van der Waals surface area contributed by atoms with Gasteiger partial charge in [-0.15, -0.1) is 11.8 Å². The number of amides is 1. The number of pyridine rings is 1. The van der Waals surface area contributed by atoms with Crippen molar-refractivity contribution < 1.29 is 9.53 Å². The molecule has 1 atom stereocenters. The second-order valence-electron chi connectivity index (χ2n) is 5.67. The number of rotatable bonds is 3. The number of methoxy groups -OCH3 is 1. The maximum atomic E-state index is 12.6. The average Bonchev–Trinajstić information content (AvgIpc) is 3.05. The van der Waals surface area contributed by atoms with Crippen LogP contribution in [-0.4, -0.2) is 23.3 Å². The predicted octanol–water partition coefficient (Wildman–Crippen LogP) is 3.90. The van der Waals surface area contributed by atoms with E-state index in [9.17, 15) is 4.79 Å². The molecule has 0 bridgehead atoms. The summed E-state index contributed by atoms with van der Waals surface area (Å²) in [5, 5.41) is 3.91. The van der Waals surface area contributed by atoms with E-state index in [4.69, 9.17) is 4.74 Å². The largest absolute Gasteiger partial charge is 0.481 e. The zero-order chi connectivity index (χ0) is 16.5. The molecule has 3 aromatic rings. The van der Waals surface area contributed by atoms with Gasteiger partial charge in [0, 0.05) is 22.0 Å². The van der Waals surface area contributed by atoms with Crippen LogP contribution >= 0.6 is 11.8 Å². The van der Waals surface area contributed by atoms with Crippen molar-refractivity contribution in [3.05, 3.63) is 60.2 Å². The number of aromatic nitrogens is 1. The van der Waals surface area contributed by atoms with Gasteiger partial charge in [-0.1, -0.05) is 18.2 Å². The van der Waals surface area contributed by atoms with Gasteiger partial charge in [-0.25, -0.2) is 4.98 Å². The molecule has 1 aliphatic heterocycles. The number of thioether (sulfide) groups is 1. The number of ether oxygens (including phenoxy) is 1. The van der Waals surface area contributed by atoms with Gasteiger partial charge in [0.25, 0.3) is 0 Å². The van der Waals surface area contributed by atoms with Gasteiger partial charge in [-0.2, -0.15) is 0 Å². The minimum Gasteiger partial charge on any atom is -0.481 e. The lowest BCUT2D eigenvalue weighted by atomic mass is 10.1. The molecule has 1 amide bonds. The van der Waals surface area contributed by atoms with E-state index in [-0.39, 0.29) is 11.2 Å². The molecular formula is C19H16N2O2S. The first-order valence-electron chi connectivity index (χ1n) is 7.73. The van der Waals surface area contributed by atoms with Crippen molar-refractivity contribution in [2.75, 3.05) is 12.4 Å². The first-order valence-corrected chi connectivity index (χ1v) is 8.61. The van der Waals surface area contributed by atoms with Gasteiger partial charge in [0.05, 0.1) is 17.9 Å². The van der Waals surface area contributed by atoms with Crippen molar-refractivity contribution in [3.8, 4) is 5.88 Å². The normalized spacial score (nSPS) is 16.0. The predicted molar refractivity (Wildman–Crippen MR) is 96.7 cm³/mol. The minimum atomic E-state index is -0.0768. The van der Waals surface area contributed by atoms with Gasteiger partial charge >= 0.3 is 0 Å². The van der Waals surface area contributed by atoms with E-state index >= 15 is 0 Å². The average molecular weight is 336 g/mol. The van der Waals surface area contributed by atoms with E-state index in [1.807, 2.05) is 42.5 Å². The fourth-order valence-corrected chi connectivity index (χ4v) is 4.04. The van der Waals surface area contributed by atoms with E-state index in [0.717, 1.165) is 23.0 Å². The number of hydrogen-bond donors (Lipinski definition) is 1. The van der Waals surface area contributed by atoms with Crippen LogP contribution in [0.1, 0.15) is 5.56 Å². The molecule has 4 nitrogen and oxygen atoms in total. The Morgan fingerprint density at radius 1 is 1.21 bits per heavy atom. The topological polar surface area (TPSA) is 51.2 Å². The van der Waals surface area contributed by atoms with Crippen LogP contribution in [0.25, 0.3) is 10.9 Å². The number of hydrogen-bond acceptors (Lipinski definition) is 4. The zero-order valence-corrected chi connectivity index (χ0v) is 14.0. The summed E-state index contributed by atoms with van der Waals surface area (Å²) < 4.78 is 5.13. The fraction of sp³-hybridized carbons (Fsp3) is 0.158. The van der Waals surface area contributed by atoms with Crippen molar-refractivity contribution in [1.82, 2.24) is 4.98 Å². The highest BCUT2D eigenvalue weighted by Gasteiger charge is 2.27. The smallest absolute Gasteiger partial charge is 0.238 e. The molecule has 0 saturated heterocycles. The Bertz CT molecular complexity index is 901. The maximum absolute atomic E-state index is 12.6. The standard InChI is InChI=1S/C19H16N2O2S/c1-23-18-9-6-12-10-14(7-8-15(12)21-18)20-19(22)17-11-13-4-2-3-5-16(13)24-17/h2-10,17H,11H2,1H3,(H,20,22). The highest BCUT2D eigenvalue weighted by atomic mass is 32.2. The molecule has 1 N–H and O–H groups in total. The molecule has 0 saturated carbocycles. The summed E-state index contributed by atoms with van der Waals surface area (Å²) in [7, 11) is 1.60. The van der Waals surface area contributed by atoms with Crippen molar-refractivity contribution in [2.45, 2.75) is 16.6 Å². The Balaban J connectivity index is 1.51. The van der Waals surface area contributed by atoms with Crippen LogP contribution < -0.4 is 10.1 Å². The molecule has 4 rings (SSSR count). The van der Waals surface area contributed by atoms with Gasteiger partial charge in [0.1, 0.15) is 0 Å². The maximum Gasteiger partial charge on any atom is 0.238 e. The van der Waals surface area contributed by atoms with Crippen molar-refractivity contribution in [1.29, 1.82) is 0 Å². The molecule has 120 valence electrons. The summed E-state index contributed by atoms with van der Waals surface area (Å²) in [6.45, 7) is 0. The second-order valence-corrected chi connectivity index (χ2v) is 6.91. The Labute approximate surface area is 144 Å². The summed E-state index contributed by atoms with van der Waals surface area (Å²) >= 11 is 1.63. The quantitative estimate of drug-likeness (QED) is 0.788. The highest BCUT2D eigenvalue weighted by Crippen LogP contribution is 2.37. The summed E-state index contributed by atoms with van der Waals surface area (Å²) in [6, 6.07) is 17.7. The van der Waals surface area contributed by atoms with Gasteiger partial charge in [-0.05, 0) is 42.3 Å². The molecule has 0 spiro atoms. The molecule has 24 heavy (non-hydrogen) atoms. The molecule has 2 heterocycles. The lowest BCUT2D eigenvalue weighted by molar-refractivity contribution is -0.115. The Hall–Kier alpha value is -2.53. The van der Waals surface area contributed by atoms with E-state index in [1.54, 1.807) is 18.9 Å². The molecule has 0 fully saturated rings. The molecule has 2 aromatic carbocycles. The first kappa shape index (κ1) is 15.0. The zero-order valence-electron chi connectivity index (χ0n) is 13.2. The molecule has 1 unspecified atom stereocenters.